The van der Waals surface area contributed by atoms with E-state index in [0.717, 1.165) is 90.0 Å². The summed E-state index contributed by atoms with van der Waals surface area (Å²) in [6.45, 7) is 27.3. The molecule has 23 rings (SSSR count). The average molecular weight is 2090 g/mol. The van der Waals surface area contributed by atoms with E-state index in [4.69, 9.17) is 21.3 Å². The zero-order chi connectivity index (χ0) is 99.2. The van der Waals surface area contributed by atoms with Crippen LogP contribution in [0.5, 0.6) is 0 Å². The molecule has 0 aliphatic rings. The monoisotopic (exact) mass is 2080 g/mol. The number of aromatic nitrogens is 14. The van der Waals surface area contributed by atoms with Crippen molar-refractivity contribution in [3.8, 4) is 99.9 Å². The average Bonchev–Trinajstić information content (AvgIpc) is 1.61. The number of fused-ring (bicyclic) bond motifs is 7. The molecule has 14 heterocycles. The van der Waals surface area contributed by atoms with Crippen molar-refractivity contribution in [1.29, 1.82) is 0 Å². The third-order valence-electron chi connectivity index (χ3n) is 24.8. The van der Waals surface area contributed by atoms with Crippen LogP contribution in [0.1, 0.15) is 152 Å². The second-order valence-corrected chi connectivity index (χ2v) is 43.1. The summed E-state index contributed by atoms with van der Waals surface area (Å²) in [6, 6.07) is 90.9. The number of benzene rings is 9. The summed E-state index contributed by atoms with van der Waals surface area (Å²) in [7, 11) is 14.5. The van der Waals surface area contributed by atoms with Crippen LogP contribution in [-0.4, -0.2) is 34.9 Å². The summed E-state index contributed by atoms with van der Waals surface area (Å²) < 4.78 is 44.9. The van der Waals surface area contributed by atoms with E-state index in [0.29, 0.717) is 5.92 Å². The third kappa shape index (κ3) is 25.2. The minimum atomic E-state index is -0.661. The number of nitrogens with zero attached hydrogens (tertiary/aromatic N) is 14. The van der Waals surface area contributed by atoms with Gasteiger partial charge in [-0.2, -0.15) is 32.0 Å². The fourth-order valence-electron chi connectivity index (χ4n) is 17.4. The first kappa shape index (κ1) is 114. The molecule has 0 fully saturated rings. The van der Waals surface area contributed by atoms with E-state index >= 15 is 0 Å². The molecule has 0 aliphatic heterocycles. The fraction of sp³-hybridized carbons (Fsp3) is 0.232. The van der Waals surface area contributed by atoms with Crippen molar-refractivity contribution in [2.24, 2.45) is 49.3 Å². The first-order valence-electron chi connectivity index (χ1n) is 47.1. The molecule has 0 saturated carbocycles. The lowest BCUT2D eigenvalue weighted by Crippen LogP contribution is -2.30. The van der Waals surface area contributed by atoms with Crippen molar-refractivity contribution < 1.29 is 37.7 Å². The van der Waals surface area contributed by atoms with Gasteiger partial charge in [-0.05, 0) is 168 Å². The molecule has 22 heteroatoms. The lowest BCUT2D eigenvalue weighted by molar-refractivity contribution is -0.659. The van der Waals surface area contributed by atoms with E-state index in [1.54, 1.807) is 91.5 Å². The van der Waals surface area contributed by atoms with E-state index in [9.17, 15) is 4.39 Å². The molecule has 0 radical (unpaired) electrons. The summed E-state index contributed by atoms with van der Waals surface area (Å²) in [5.41, 5.74) is 37.3. The molecular formula is C125H142FN14S7+7. The second kappa shape index (κ2) is 51.0. The van der Waals surface area contributed by atoms with Gasteiger partial charge in [-0.1, -0.05) is 237 Å². The van der Waals surface area contributed by atoms with Crippen LogP contribution in [0.2, 0.25) is 0 Å². The predicted octanol–water partition coefficient (Wildman–Crippen LogP) is 32.5. The molecule has 0 bridgehead atoms. The van der Waals surface area contributed by atoms with Gasteiger partial charge in [0.05, 0.1) is 97.4 Å². The van der Waals surface area contributed by atoms with Gasteiger partial charge in [0.15, 0.2) is 82.0 Å². The first-order chi connectivity index (χ1) is 67.9. The Labute approximate surface area is 899 Å². The fourth-order valence-corrected chi connectivity index (χ4v) is 23.5. The number of thiazole rings is 7. The van der Waals surface area contributed by atoms with Crippen LogP contribution >= 0.6 is 79.4 Å². The standard InChI is InChI=1S/C20H16FN2S.C20H17N2S.2C17H19N2S.2C15H15N2S.C14H13N2S.7CH4/c1-13-5-3-4-6-16(13)19-18-17(11-12-23(19)2)24-20(22-18)14-7-9-15(21)10-8-14;1-14-8-6-7-11-16(14)19-18-17(12-13-22(19)2)23-20(21-18)15-9-4-3-5-10-15;2*1-11(2)17-18-15-14(20-17)9-10-19(4)16(15)13-8-6-5-7-12(13)3;2*1-10-6-4-5-7-12(10)15-14-13(8-9-17(15)3)18-11(2)16-14;1-10-5-3-4-6-11(10)14-13-12(17-9-15-13)7-8-16(14)2;;;;;;;/h3-12H,1-2H3;3-13H,1-2H3;2*5-11H,1-4H3;2*4-9H,1-3H3;3-9H,1-2H3;7*1H4/q7*+1;;;;;;;/i;;11D;;;;;;;;;;;. The Kier molecular flexibility index (Phi) is 39.4. The highest BCUT2D eigenvalue weighted by Gasteiger charge is 2.29. The van der Waals surface area contributed by atoms with Crippen LogP contribution < -0.4 is 32.0 Å². The van der Waals surface area contributed by atoms with Crippen molar-refractivity contribution in [1.82, 2.24) is 34.9 Å². The molecule has 0 saturated heterocycles. The molecule has 9 aromatic carbocycles. The molecular weight excluding hydrogens is 1940 g/mol. The molecule has 14 nitrogen and oxygen atoms in total. The van der Waals surface area contributed by atoms with Crippen LogP contribution in [0.3, 0.4) is 0 Å². The van der Waals surface area contributed by atoms with Gasteiger partial charge < -0.3 is 0 Å². The van der Waals surface area contributed by atoms with Gasteiger partial charge in [0.2, 0.25) is 39.9 Å². The van der Waals surface area contributed by atoms with Gasteiger partial charge >= 0.3 is 0 Å². The van der Waals surface area contributed by atoms with Gasteiger partial charge in [-0.3, -0.25) is 0 Å². The maximum Gasteiger partial charge on any atom is 0.239 e. The van der Waals surface area contributed by atoms with E-state index in [2.05, 4.69) is 432 Å². The summed E-state index contributed by atoms with van der Waals surface area (Å²) >= 11 is 12.0. The van der Waals surface area contributed by atoms with Crippen LogP contribution in [0.25, 0.3) is 171 Å². The summed E-state index contributed by atoms with van der Waals surface area (Å²) in [5, 5.41) is 6.28. The Morgan fingerprint density at radius 3 is 0.762 bits per heavy atom. The summed E-state index contributed by atoms with van der Waals surface area (Å²) in [4.78, 5) is 33.4. The number of aryl methyl sites for hydroxylation is 16. The number of halogens is 1. The van der Waals surface area contributed by atoms with Crippen molar-refractivity contribution in [2.45, 2.75) is 154 Å². The normalized spacial score (nSPS) is 10.8. The number of pyridine rings is 7. The van der Waals surface area contributed by atoms with Crippen molar-refractivity contribution in [3.63, 3.8) is 0 Å². The molecule has 147 heavy (non-hydrogen) atoms. The van der Waals surface area contributed by atoms with Gasteiger partial charge in [0, 0.05) is 66.8 Å². The topological polar surface area (TPSA) is 117 Å². The molecule has 0 N–H and O–H groups in total. The Morgan fingerprint density at radius 1 is 0.245 bits per heavy atom. The molecule has 0 unspecified atom stereocenters. The van der Waals surface area contributed by atoms with Crippen molar-refractivity contribution >= 4 is 151 Å². The van der Waals surface area contributed by atoms with Gasteiger partial charge in [-0.25, -0.2) is 39.3 Å². The second-order valence-electron chi connectivity index (χ2n) is 35.6. The highest BCUT2D eigenvalue weighted by molar-refractivity contribution is 7.22. The Bertz CT molecular complexity index is 8390. The number of hydrogen-bond donors (Lipinski definition) is 0. The Morgan fingerprint density at radius 2 is 0.476 bits per heavy atom. The quantitative estimate of drug-likeness (QED) is 0.118. The van der Waals surface area contributed by atoms with Crippen molar-refractivity contribution in [2.75, 3.05) is 0 Å². The zero-order valence-corrected chi connectivity index (χ0v) is 88.3. The van der Waals surface area contributed by atoms with E-state index < -0.39 is 5.89 Å². The van der Waals surface area contributed by atoms with Crippen molar-refractivity contribution in [3.05, 3.63) is 381 Å². The molecule has 0 spiro atoms. The summed E-state index contributed by atoms with van der Waals surface area (Å²) in [5.74, 6) is -0.417. The third-order valence-corrected chi connectivity index (χ3v) is 32.1. The first-order valence-corrected chi connectivity index (χ1v) is 52.3. The zero-order valence-electron chi connectivity index (χ0n) is 83.6. The predicted molar refractivity (Wildman–Crippen MR) is 632 cm³/mol. The minimum absolute atomic E-state index is 0. The van der Waals surface area contributed by atoms with E-state index in [1.807, 2.05) is 45.6 Å². The molecule has 23 aromatic rings. The Hall–Kier alpha value is -13.8. The largest absolute Gasteiger partial charge is 0.239 e. The SMILES string of the molecule is C.C.C.C.C.C.C.Cc1ccccc1-c1c2nc(-c3ccc(F)cc3)sc2cc[n+]1C.Cc1ccccc1-c1c2nc(-c3ccccc3)sc2cc[n+]1C.Cc1ccccc1-c1c2nc(C(C)C)sc2cc[n+]1C.Cc1ccccc1-c1c2ncsc2cc[n+]1C.Cc1nc2c(-c3ccccc3C)[n+](C)ccc2s1.Cc1nc2c(-c3ccccc3C)[n+](C)ccc2s1.[2H]C(C)(C)c1nc2c(-c3ccccc3C)[n+](C)ccc2s1. The molecule has 0 atom stereocenters. The highest BCUT2D eigenvalue weighted by Crippen LogP contribution is 2.41. The molecule has 754 valence electrons. The smallest absolute Gasteiger partial charge is 0.238 e. The minimum Gasteiger partial charge on any atom is -0.238 e. The van der Waals surface area contributed by atoms with E-state index in [-0.39, 0.29) is 57.8 Å². The maximum absolute atomic E-state index is 13.2. The molecule has 0 amide bonds. The van der Waals surface area contributed by atoms with Gasteiger partial charge in [-0.15, -0.1) is 79.4 Å². The van der Waals surface area contributed by atoms with Gasteiger partial charge in [0.1, 0.15) is 65.2 Å². The highest BCUT2D eigenvalue weighted by atomic mass is 32.1. The van der Waals surface area contributed by atoms with Gasteiger partial charge in [0.25, 0.3) is 0 Å². The molecule has 0 aliphatic carbocycles. The Balaban J connectivity index is 0.000000176. The summed E-state index contributed by atoms with van der Waals surface area (Å²) in [6.07, 6.45) is 14.7. The van der Waals surface area contributed by atoms with Crippen LogP contribution in [0.4, 0.5) is 4.39 Å². The van der Waals surface area contributed by atoms with Crippen LogP contribution in [0, 0.1) is 68.1 Å². The molecule has 14 aromatic heterocycles. The van der Waals surface area contributed by atoms with E-state index in [1.165, 1.54) is 153 Å². The van der Waals surface area contributed by atoms with Crippen LogP contribution in [0.15, 0.2) is 316 Å². The number of rotatable bonds is 11. The van der Waals surface area contributed by atoms with Crippen LogP contribution in [-0.2, 0) is 49.3 Å². The number of hydrogen-bond acceptors (Lipinski definition) is 14. The maximum atomic E-state index is 13.2. The lowest BCUT2D eigenvalue weighted by Gasteiger charge is -2.04. The lowest BCUT2D eigenvalue weighted by atomic mass is 10.0.